The van der Waals surface area contributed by atoms with Gasteiger partial charge in [-0.2, -0.15) is 0 Å². The molecule has 0 radical (unpaired) electrons. The van der Waals surface area contributed by atoms with Crippen molar-refractivity contribution < 1.29 is 9.59 Å². The quantitative estimate of drug-likeness (QED) is 0.779. The van der Waals surface area contributed by atoms with Crippen molar-refractivity contribution in [3.8, 4) is 0 Å². The maximum atomic E-state index is 12.5. The monoisotopic (exact) mass is 307 g/mol. The summed E-state index contributed by atoms with van der Waals surface area (Å²) in [6, 6.07) is 14.8. The van der Waals surface area contributed by atoms with Crippen LogP contribution in [-0.4, -0.2) is 16.4 Å². The molecule has 0 fully saturated rings. The summed E-state index contributed by atoms with van der Waals surface area (Å²) < 4.78 is 1.93. The van der Waals surface area contributed by atoms with Gasteiger partial charge in [-0.05, 0) is 30.3 Å². The Morgan fingerprint density at radius 2 is 1.52 bits per heavy atom. The molecule has 0 atom stereocenters. The number of anilines is 2. The van der Waals surface area contributed by atoms with Crippen molar-refractivity contribution in [1.29, 1.82) is 0 Å². The molecule has 0 aliphatic rings. The minimum absolute atomic E-state index is 0.127. The van der Waals surface area contributed by atoms with Crippen LogP contribution in [-0.2, 0) is 11.8 Å². The molecule has 2 aromatic carbocycles. The lowest BCUT2D eigenvalue weighted by Gasteiger charge is -2.06. The molecule has 1 aromatic heterocycles. The molecule has 5 heteroatoms. The van der Waals surface area contributed by atoms with Crippen LogP contribution in [0.5, 0.6) is 0 Å². The van der Waals surface area contributed by atoms with Gasteiger partial charge in [0, 0.05) is 42.4 Å². The Morgan fingerprint density at radius 3 is 2.17 bits per heavy atom. The molecule has 0 aliphatic carbocycles. The van der Waals surface area contributed by atoms with Crippen LogP contribution >= 0.6 is 0 Å². The minimum Gasteiger partial charge on any atom is -0.350 e. The predicted octanol–water partition coefficient (Wildman–Crippen LogP) is 3.39. The number of fused-ring (bicyclic) bond motifs is 1. The van der Waals surface area contributed by atoms with Crippen LogP contribution in [0.4, 0.5) is 11.4 Å². The van der Waals surface area contributed by atoms with Crippen molar-refractivity contribution in [2.24, 2.45) is 7.05 Å². The summed E-state index contributed by atoms with van der Waals surface area (Å²) in [7, 11) is 1.92. The number of para-hydroxylation sites is 1. The van der Waals surface area contributed by atoms with Gasteiger partial charge in [0.05, 0.1) is 5.56 Å². The Morgan fingerprint density at radius 1 is 0.913 bits per heavy atom. The van der Waals surface area contributed by atoms with E-state index in [2.05, 4.69) is 10.6 Å². The summed E-state index contributed by atoms with van der Waals surface area (Å²) in [5.41, 5.74) is 3.02. The van der Waals surface area contributed by atoms with Crippen molar-refractivity contribution in [1.82, 2.24) is 4.57 Å². The molecule has 0 bridgehead atoms. The van der Waals surface area contributed by atoms with E-state index in [0.717, 1.165) is 10.9 Å². The van der Waals surface area contributed by atoms with Crippen molar-refractivity contribution in [2.75, 3.05) is 10.6 Å². The molecule has 5 nitrogen and oxygen atoms in total. The molecule has 23 heavy (non-hydrogen) atoms. The fraction of sp³-hybridized carbons (Fsp3) is 0.111. The van der Waals surface area contributed by atoms with Crippen LogP contribution in [0.25, 0.3) is 10.9 Å². The lowest BCUT2D eigenvalue weighted by molar-refractivity contribution is -0.114. The van der Waals surface area contributed by atoms with Crippen LogP contribution in [0.1, 0.15) is 17.3 Å². The highest BCUT2D eigenvalue weighted by Gasteiger charge is 2.13. The third kappa shape index (κ3) is 3.08. The summed E-state index contributed by atoms with van der Waals surface area (Å²) in [5, 5.41) is 6.49. The van der Waals surface area contributed by atoms with E-state index in [4.69, 9.17) is 0 Å². The van der Waals surface area contributed by atoms with Gasteiger partial charge in [0.25, 0.3) is 5.91 Å². The standard InChI is InChI=1S/C18H17N3O2/c1-12(22)19-13-7-9-14(10-8-13)20-18(23)16-11-21(2)17-6-4-3-5-15(16)17/h3-11H,1-2H3,(H,19,22)(H,20,23). The van der Waals surface area contributed by atoms with Crippen molar-refractivity contribution >= 4 is 34.1 Å². The Kier molecular flexibility index (Phi) is 3.85. The largest absolute Gasteiger partial charge is 0.350 e. The molecule has 3 aromatic rings. The van der Waals surface area contributed by atoms with Gasteiger partial charge in [-0.3, -0.25) is 9.59 Å². The van der Waals surface area contributed by atoms with E-state index >= 15 is 0 Å². The molecule has 1 heterocycles. The number of hydrogen-bond acceptors (Lipinski definition) is 2. The van der Waals surface area contributed by atoms with Crippen LogP contribution in [0.3, 0.4) is 0 Å². The van der Waals surface area contributed by atoms with Crippen LogP contribution in [0.2, 0.25) is 0 Å². The second-order valence-electron chi connectivity index (χ2n) is 5.38. The maximum absolute atomic E-state index is 12.5. The number of hydrogen-bond donors (Lipinski definition) is 2. The van der Waals surface area contributed by atoms with Crippen LogP contribution < -0.4 is 10.6 Å². The van der Waals surface area contributed by atoms with Crippen LogP contribution in [0, 0.1) is 0 Å². The lowest BCUT2D eigenvalue weighted by Crippen LogP contribution is -2.11. The molecule has 2 N–H and O–H groups in total. The minimum atomic E-state index is -0.158. The summed E-state index contributed by atoms with van der Waals surface area (Å²) in [4.78, 5) is 23.5. The number of nitrogens with one attached hydrogen (secondary N) is 2. The maximum Gasteiger partial charge on any atom is 0.257 e. The Balaban J connectivity index is 1.82. The second kappa shape index (κ2) is 5.96. The highest BCUT2D eigenvalue weighted by molar-refractivity contribution is 6.13. The summed E-state index contributed by atoms with van der Waals surface area (Å²) >= 11 is 0. The topological polar surface area (TPSA) is 63.1 Å². The first-order chi connectivity index (χ1) is 11.0. The smallest absolute Gasteiger partial charge is 0.257 e. The van der Waals surface area contributed by atoms with Gasteiger partial charge in [-0.25, -0.2) is 0 Å². The van der Waals surface area contributed by atoms with Gasteiger partial charge >= 0.3 is 0 Å². The molecular weight excluding hydrogens is 290 g/mol. The number of benzene rings is 2. The molecule has 3 rings (SSSR count). The van der Waals surface area contributed by atoms with E-state index in [-0.39, 0.29) is 11.8 Å². The first-order valence-corrected chi connectivity index (χ1v) is 7.27. The molecule has 116 valence electrons. The Bertz CT molecular complexity index is 879. The summed E-state index contributed by atoms with van der Waals surface area (Å²) in [6.07, 6.45) is 1.83. The number of carbonyl (C=O) groups excluding carboxylic acids is 2. The van der Waals surface area contributed by atoms with Crippen LogP contribution in [0.15, 0.2) is 54.7 Å². The molecule has 2 amide bonds. The average Bonchev–Trinajstić information content (AvgIpc) is 2.86. The first-order valence-electron chi connectivity index (χ1n) is 7.27. The van der Waals surface area contributed by atoms with Gasteiger partial charge in [0.15, 0.2) is 0 Å². The van der Waals surface area contributed by atoms with E-state index < -0.39 is 0 Å². The van der Waals surface area contributed by atoms with Gasteiger partial charge in [0.2, 0.25) is 5.91 Å². The number of aryl methyl sites for hydroxylation is 1. The zero-order valence-electron chi connectivity index (χ0n) is 13.0. The normalized spacial score (nSPS) is 10.5. The highest BCUT2D eigenvalue weighted by atomic mass is 16.2. The number of nitrogens with zero attached hydrogens (tertiary/aromatic N) is 1. The fourth-order valence-corrected chi connectivity index (χ4v) is 2.56. The number of rotatable bonds is 3. The zero-order valence-corrected chi connectivity index (χ0v) is 13.0. The summed E-state index contributed by atoms with van der Waals surface area (Å²) in [6.45, 7) is 1.45. The molecule has 0 saturated heterocycles. The highest BCUT2D eigenvalue weighted by Crippen LogP contribution is 2.22. The van der Waals surface area contributed by atoms with Gasteiger partial charge in [-0.15, -0.1) is 0 Å². The molecule has 0 saturated carbocycles. The Hall–Kier alpha value is -3.08. The van der Waals surface area contributed by atoms with E-state index in [0.29, 0.717) is 16.9 Å². The van der Waals surface area contributed by atoms with E-state index in [1.807, 2.05) is 42.1 Å². The molecule has 0 unspecified atom stereocenters. The second-order valence-corrected chi connectivity index (χ2v) is 5.38. The predicted molar refractivity (Wildman–Crippen MR) is 91.6 cm³/mol. The average molecular weight is 307 g/mol. The van der Waals surface area contributed by atoms with E-state index in [1.54, 1.807) is 24.3 Å². The molecule has 0 aliphatic heterocycles. The van der Waals surface area contributed by atoms with Crippen molar-refractivity contribution in [3.63, 3.8) is 0 Å². The zero-order chi connectivity index (χ0) is 16.4. The molecular formula is C18H17N3O2. The third-order valence-corrected chi connectivity index (χ3v) is 3.60. The lowest BCUT2D eigenvalue weighted by atomic mass is 10.1. The Labute approximate surface area is 133 Å². The molecule has 0 spiro atoms. The van der Waals surface area contributed by atoms with Crippen molar-refractivity contribution in [3.05, 3.63) is 60.3 Å². The first kappa shape index (κ1) is 14.8. The SMILES string of the molecule is CC(=O)Nc1ccc(NC(=O)c2cn(C)c3ccccc23)cc1. The van der Waals surface area contributed by atoms with Gasteiger partial charge in [-0.1, -0.05) is 18.2 Å². The van der Waals surface area contributed by atoms with E-state index in [9.17, 15) is 9.59 Å². The number of amides is 2. The van der Waals surface area contributed by atoms with Crippen molar-refractivity contribution in [2.45, 2.75) is 6.92 Å². The fourth-order valence-electron chi connectivity index (χ4n) is 2.56. The van der Waals surface area contributed by atoms with Gasteiger partial charge in [0.1, 0.15) is 0 Å². The third-order valence-electron chi connectivity index (χ3n) is 3.60. The number of aromatic nitrogens is 1. The number of carbonyl (C=O) groups is 2. The van der Waals surface area contributed by atoms with E-state index in [1.165, 1.54) is 6.92 Å². The van der Waals surface area contributed by atoms with Gasteiger partial charge < -0.3 is 15.2 Å². The summed E-state index contributed by atoms with van der Waals surface area (Å²) in [5.74, 6) is -0.286.